The van der Waals surface area contributed by atoms with Gasteiger partial charge in [-0.25, -0.2) is 0 Å². The molecule has 0 atom stereocenters. The molecule has 2 heteroatoms. The molecule has 0 rings (SSSR count). The van der Waals surface area contributed by atoms with Gasteiger partial charge >= 0.3 is 0 Å². The Morgan fingerprint density at radius 3 is 1.16 bits per heavy atom. The van der Waals surface area contributed by atoms with E-state index in [0.29, 0.717) is 0 Å². The van der Waals surface area contributed by atoms with Gasteiger partial charge in [0.25, 0.3) is 0 Å². The van der Waals surface area contributed by atoms with Crippen LogP contribution in [-0.4, -0.2) is 16.5 Å². The van der Waals surface area contributed by atoms with Crippen LogP contribution >= 0.6 is 0 Å². The van der Waals surface area contributed by atoms with Crippen molar-refractivity contribution in [3.05, 3.63) is 0 Å². The van der Waals surface area contributed by atoms with E-state index in [1.807, 2.05) is 0 Å². The average Bonchev–Trinajstić information content (AvgIpc) is 2.43. The Bertz CT molecular complexity index is 171. The summed E-state index contributed by atoms with van der Waals surface area (Å²) >= 11 is 0. The van der Waals surface area contributed by atoms with Crippen molar-refractivity contribution in [2.45, 2.75) is 102 Å². The topological polar surface area (TPSA) is 17.1 Å². The first-order valence-electron chi connectivity index (χ1n) is 8.85. The van der Waals surface area contributed by atoms with E-state index in [9.17, 15) is 4.79 Å². The van der Waals surface area contributed by atoms with Crippen molar-refractivity contribution in [1.29, 1.82) is 0 Å². The quantitative estimate of drug-likeness (QED) is 0.226. The van der Waals surface area contributed by atoms with Gasteiger partial charge in [0.2, 0.25) is 0 Å². The first-order valence-corrected chi connectivity index (χ1v) is 10.3. The van der Waals surface area contributed by atoms with Crippen molar-refractivity contribution in [2.75, 3.05) is 0 Å². The molecule has 0 saturated heterocycles. The van der Waals surface area contributed by atoms with Crippen LogP contribution in [0.4, 0.5) is 0 Å². The minimum atomic E-state index is 0.764. The van der Waals surface area contributed by atoms with Crippen LogP contribution < -0.4 is 0 Å². The molecule has 0 aromatic heterocycles. The summed E-state index contributed by atoms with van der Waals surface area (Å²) in [6, 6.07) is 1.50. The largest absolute Gasteiger partial charge is 0.303 e. The Morgan fingerprint density at radius 1 is 0.526 bits per heavy atom. The van der Waals surface area contributed by atoms with Crippen molar-refractivity contribution in [3.63, 3.8) is 0 Å². The smallest absolute Gasteiger partial charge is 0.119 e. The maximum Gasteiger partial charge on any atom is 0.119 e. The van der Waals surface area contributed by atoms with Crippen molar-refractivity contribution >= 4 is 16.5 Å². The van der Waals surface area contributed by atoms with Gasteiger partial charge in [0.1, 0.15) is 6.29 Å². The maximum absolute atomic E-state index is 10.1. The molecule has 0 radical (unpaired) electrons. The van der Waals surface area contributed by atoms with Crippen LogP contribution in [0.1, 0.15) is 96.3 Å². The van der Waals surface area contributed by atoms with Gasteiger partial charge in [-0.15, -0.1) is 0 Å². The van der Waals surface area contributed by atoms with Gasteiger partial charge in [-0.1, -0.05) is 89.5 Å². The third kappa shape index (κ3) is 17.9. The van der Waals surface area contributed by atoms with Gasteiger partial charge in [0.15, 0.2) is 0 Å². The summed E-state index contributed by atoms with van der Waals surface area (Å²) in [5.41, 5.74) is 0. The lowest BCUT2D eigenvalue weighted by molar-refractivity contribution is -0.107. The second-order valence-electron chi connectivity index (χ2n) is 5.91. The molecule has 0 amide bonds. The highest BCUT2D eigenvalue weighted by Gasteiger charge is 1.94. The standard InChI is InChI=1S/C17H36OSi/c18-16-14-12-10-8-6-4-2-1-3-5-7-9-11-13-15-17-19/h16H,1-15,17H2,19H3. The van der Waals surface area contributed by atoms with Gasteiger partial charge < -0.3 is 4.79 Å². The van der Waals surface area contributed by atoms with E-state index >= 15 is 0 Å². The first-order chi connectivity index (χ1) is 9.41. The number of hydrogen-bond acceptors (Lipinski definition) is 1. The molecule has 0 saturated carbocycles. The molecule has 1 nitrogen and oxygen atoms in total. The van der Waals surface area contributed by atoms with E-state index in [-0.39, 0.29) is 0 Å². The molecule has 0 spiro atoms. The van der Waals surface area contributed by atoms with E-state index < -0.39 is 0 Å². The predicted molar refractivity (Wildman–Crippen MR) is 90.1 cm³/mol. The van der Waals surface area contributed by atoms with Gasteiger partial charge in [-0.3, -0.25) is 0 Å². The Hall–Kier alpha value is -0.113. The van der Waals surface area contributed by atoms with Crippen LogP contribution in [0.3, 0.4) is 0 Å². The van der Waals surface area contributed by atoms with Crippen molar-refractivity contribution in [2.24, 2.45) is 0 Å². The summed E-state index contributed by atoms with van der Waals surface area (Å²) in [6.07, 6.45) is 21.4. The normalized spacial score (nSPS) is 10.9. The van der Waals surface area contributed by atoms with Crippen molar-refractivity contribution in [3.8, 4) is 0 Å². The van der Waals surface area contributed by atoms with Gasteiger partial charge in [0, 0.05) is 16.7 Å². The molecule has 114 valence electrons. The fourth-order valence-corrected chi connectivity index (χ4v) is 3.10. The zero-order valence-electron chi connectivity index (χ0n) is 13.3. The lowest BCUT2D eigenvalue weighted by atomic mass is 10.0. The van der Waals surface area contributed by atoms with E-state index in [2.05, 4.69) is 0 Å². The summed E-state index contributed by atoms with van der Waals surface area (Å²) in [5, 5.41) is 0. The minimum Gasteiger partial charge on any atom is -0.303 e. The first kappa shape index (κ1) is 18.9. The number of rotatable bonds is 16. The second kappa shape index (κ2) is 17.9. The maximum atomic E-state index is 10.1. The molecular formula is C17H36OSi. The van der Waals surface area contributed by atoms with E-state index in [4.69, 9.17) is 0 Å². The highest BCUT2D eigenvalue weighted by molar-refractivity contribution is 6.08. The molecule has 0 aromatic rings. The molecule has 19 heavy (non-hydrogen) atoms. The van der Waals surface area contributed by atoms with E-state index in [1.165, 1.54) is 99.8 Å². The SMILES string of the molecule is O=CCCCCCCCCCCCCCCCC[SiH3]. The Kier molecular flexibility index (Phi) is 17.8. The van der Waals surface area contributed by atoms with Gasteiger partial charge in [-0.2, -0.15) is 0 Å². The Morgan fingerprint density at radius 2 is 0.842 bits per heavy atom. The van der Waals surface area contributed by atoms with Crippen LogP contribution in [-0.2, 0) is 4.79 Å². The van der Waals surface area contributed by atoms with Crippen LogP contribution in [0.15, 0.2) is 0 Å². The molecule has 0 bridgehead atoms. The van der Waals surface area contributed by atoms with Crippen molar-refractivity contribution in [1.82, 2.24) is 0 Å². The number of aldehydes is 1. The molecule has 0 aliphatic carbocycles. The third-order valence-electron chi connectivity index (χ3n) is 3.93. The van der Waals surface area contributed by atoms with Crippen LogP contribution in [0.2, 0.25) is 6.04 Å². The highest BCUT2D eigenvalue weighted by Crippen LogP contribution is 2.13. The summed E-state index contributed by atoms with van der Waals surface area (Å²) in [7, 11) is 1.39. The Labute approximate surface area is 124 Å². The molecule has 0 N–H and O–H groups in total. The molecule has 0 fully saturated rings. The van der Waals surface area contributed by atoms with Gasteiger partial charge in [-0.05, 0) is 6.42 Å². The fourth-order valence-electron chi connectivity index (χ4n) is 2.60. The van der Waals surface area contributed by atoms with Gasteiger partial charge in [0.05, 0.1) is 0 Å². The van der Waals surface area contributed by atoms with E-state index in [0.717, 1.165) is 19.1 Å². The zero-order chi connectivity index (χ0) is 14.0. The zero-order valence-corrected chi connectivity index (χ0v) is 15.3. The Balaban J connectivity index is 2.89. The monoisotopic (exact) mass is 284 g/mol. The summed E-state index contributed by atoms with van der Waals surface area (Å²) in [6.45, 7) is 0. The lowest BCUT2D eigenvalue weighted by Crippen LogP contribution is -1.83. The third-order valence-corrected chi connectivity index (χ3v) is 4.63. The summed E-state index contributed by atoms with van der Waals surface area (Å²) in [4.78, 5) is 10.1. The summed E-state index contributed by atoms with van der Waals surface area (Å²) < 4.78 is 0. The number of unbranched alkanes of at least 4 members (excludes halogenated alkanes) is 14. The second-order valence-corrected chi connectivity index (χ2v) is 6.91. The molecule has 0 aromatic carbocycles. The molecular weight excluding hydrogens is 248 g/mol. The summed E-state index contributed by atoms with van der Waals surface area (Å²) in [5.74, 6) is 0. The average molecular weight is 285 g/mol. The van der Waals surface area contributed by atoms with E-state index in [1.54, 1.807) is 0 Å². The molecule has 0 unspecified atom stereocenters. The van der Waals surface area contributed by atoms with Crippen LogP contribution in [0, 0.1) is 0 Å². The lowest BCUT2D eigenvalue weighted by Gasteiger charge is -2.02. The fraction of sp³-hybridized carbons (Fsp3) is 0.941. The molecule has 0 aliphatic heterocycles. The minimum absolute atomic E-state index is 0.764. The molecule has 0 heterocycles. The van der Waals surface area contributed by atoms with Crippen LogP contribution in [0.25, 0.3) is 0 Å². The van der Waals surface area contributed by atoms with Crippen molar-refractivity contribution < 1.29 is 4.79 Å². The van der Waals surface area contributed by atoms with Crippen LogP contribution in [0.5, 0.6) is 0 Å². The highest BCUT2D eigenvalue weighted by atomic mass is 28.1. The predicted octanol–water partition coefficient (Wildman–Crippen LogP) is 4.82. The molecule has 0 aliphatic rings. The number of carbonyl (C=O) groups excluding carboxylic acids is 1. The number of carbonyl (C=O) groups is 1. The number of hydrogen-bond donors (Lipinski definition) is 0.